The van der Waals surface area contributed by atoms with E-state index in [4.69, 9.17) is 9.47 Å². The van der Waals surface area contributed by atoms with E-state index in [0.29, 0.717) is 30.3 Å². The lowest BCUT2D eigenvalue weighted by molar-refractivity contribution is 0.114. The summed E-state index contributed by atoms with van der Waals surface area (Å²) >= 11 is 1.66. The quantitative estimate of drug-likeness (QED) is 0.391. The monoisotopic (exact) mass is 447 g/mol. The van der Waals surface area contributed by atoms with Crippen molar-refractivity contribution >= 4 is 50.5 Å². The fraction of sp³-hybridized carbons (Fsp3) is 0.174. The molecule has 0 atom stereocenters. The Balaban J connectivity index is 1.28. The molecular formula is C23H21N5O3S. The minimum atomic E-state index is -0.330. The van der Waals surface area contributed by atoms with Crippen molar-refractivity contribution in [3.05, 3.63) is 65.3 Å². The van der Waals surface area contributed by atoms with Crippen LogP contribution < -0.4 is 20.7 Å². The molecule has 2 aromatic heterocycles. The third-order valence-corrected chi connectivity index (χ3v) is 6.25. The first-order chi connectivity index (χ1) is 15.7. The Morgan fingerprint density at radius 3 is 2.72 bits per heavy atom. The maximum absolute atomic E-state index is 12.3. The van der Waals surface area contributed by atoms with Crippen LogP contribution in [0.4, 0.5) is 27.7 Å². The van der Waals surface area contributed by atoms with Gasteiger partial charge in [-0.15, -0.1) is 11.3 Å². The molecule has 0 saturated carbocycles. The van der Waals surface area contributed by atoms with Gasteiger partial charge in [-0.25, -0.2) is 14.8 Å². The van der Waals surface area contributed by atoms with Crippen LogP contribution >= 0.6 is 11.3 Å². The first-order valence-electron chi connectivity index (χ1n) is 10.1. The van der Waals surface area contributed by atoms with Crippen LogP contribution in [0.15, 0.2) is 54.9 Å². The predicted octanol–water partition coefficient (Wildman–Crippen LogP) is 5.16. The van der Waals surface area contributed by atoms with Gasteiger partial charge >= 0.3 is 6.03 Å². The number of fused-ring (bicyclic) bond motifs is 3. The lowest BCUT2D eigenvalue weighted by Crippen LogP contribution is -2.19. The van der Waals surface area contributed by atoms with Crippen molar-refractivity contribution in [3.63, 3.8) is 0 Å². The van der Waals surface area contributed by atoms with E-state index in [1.165, 1.54) is 10.4 Å². The summed E-state index contributed by atoms with van der Waals surface area (Å²) in [7, 11) is 1.59. The Kier molecular flexibility index (Phi) is 5.57. The number of benzene rings is 2. The summed E-state index contributed by atoms with van der Waals surface area (Å²) in [5, 5.41) is 10.1. The normalized spacial score (nSPS) is 12.8. The summed E-state index contributed by atoms with van der Waals surface area (Å²) in [5.41, 5.74) is 3.47. The molecule has 8 nitrogen and oxygen atoms in total. The van der Waals surface area contributed by atoms with Gasteiger partial charge in [0.25, 0.3) is 0 Å². The van der Waals surface area contributed by atoms with E-state index in [-0.39, 0.29) is 6.03 Å². The number of ether oxygens (including phenoxy) is 2. The molecule has 0 bridgehead atoms. The molecule has 1 aliphatic heterocycles. The highest BCUT2D eigenvalue weighted by molar-refractivity contribution is 7.18. The molecule has 0 spiro atoms. The van der Waals surface area contributed by atoms with Crippen LogP contribution in [0, 0.1) is 0 Å². The zero-order valence-electron chi connectivity index (χ0n) is 17.3. The van der Waals surface area contributed by atoms with Gasteiger partial charge in [-0.1, -0.05) is 6.07 Å². The number of hydrogen-bond acceptors (Lipinski definition) is 7. The maximum Gasteiger partial charge on any atom is 0.323 e. The molecule has 0 radical (unpaired) electrons. The fourth-order valence-corrected chi connectivity index (χ4v) is 4.74. The van der Waals surface area contributed by atoms with Crippen molar-refractivity contribution < 1.29 is 14.3 Å². The lowest BCUT2D eigenvalue weighted by atomic mass is 10.1. The van der Waals surface area contributed by atoms with Gasteiger partial charge in [0.2, 0.25) is 0 Å². The van der Waals surface area contributed by atoms with E-state index >= 15 is 0 Å². The molecule has 0 saturated heterocycles. The first kappa shape index (κ1) is 20.2. The van der Waals surface area contributed by atoms with Gasteiger partial charge in [-0.2, -0.15) is 0 Å². The van der Waals surface area contributed by atoms with Crippen LogP contribution in [0.2, 0.25) is 0 Å². The number of methoxy groups -OCH3 is 1. The number of carbonyl (C=O) groups is 1. The summed E-state index contributed by atoms with van der Waals surface area (Å²) in [6.07, 6.45) is 2.44. The summed E-state index contributed by atoms with van der Waals surface area (Å²) < 4.78 is 10.7. The van der Waals surface area contributed by atoms with Crippen LogP contribution in [0.5, 0.6) is 5.75 Å². The molecule has 0 unspecified atom stereocenters. The maximum atomic E-state index is 12.3. The van der Waals surface area contributed by atoms with Crippen molar-refractivity contribution in [2.24, 2.45) is 0 Å². The van der Waals surface area contributed by atoms with E-state index in [1.807, 2.05) is 36.4 Å². The summed E-state index contributed by atoms with van der Waals surface area (Å²) in [5.74, 6) is 1.46. The molecule has 162 valence electrons. The molecule has 9 heteroatoms. The van der Waals surface area contributed by atoms with Gasteiger partial charge < -0.3 is 25.4 Å². The minimum absolute atomic E-state index is 0.330. The van der Waals surface area contributed by atoms with E-state index in [2.05, 4.69) is 25.9 Å². The molecule has 3 N–H and O–H groups in total. The van der Waals surface area contributed by atoms with Crippen molar-refractivity contribution in [1.29, 1.82) is 0 Å². The Hall–Kier alpha value is -3.69. The number of urea groups is 1. The van der Waals surface area contributed by atoms with E-state index < -0.39 is 0 Å². The Labute approximate surface area is 188 Å². The zero-order valence-corrected chi connectivity index (χ0v) is 18.2. The summed E-state index contributed by atoms with van der Waals surface area (Å²) in [4.78, 5) is 23.4. The molecule has 1 aliphatic rings. The number of amides is 2. The second kappa shape index (κ2) is 8.81. The summed E-state index contributed by atoms with van der Waals surface area (Å²) in [6.45, 7) is 1.35. The molecular weight excluding hydrogens is 426 g/mol. The van der Waals surface area contributed by atoms with Gasteiger partial charge in [0.15, 0.2) is 0 Å². The number of nitrogens with one attached hydrogen (secondary N) is 3. The molecule has 2 aromatic carbocycles. The number of rotatable bonds is 5. The second-order valence-electron chi connectivity index (χ2n) is 7.22. The largest absolute Gasteiger partial charge is 0.497 e. The minimum Gasteiger partial charge on any atom is -0.497 e. The van der Waals surface area contributed by atoms with Gasteiger partial charge in [0.05, 0.1) is 25.7 Å². The molecule has 3 heterocycles. The second-order valence-corrected chi connectivity index (χ2v) is 8.31. The Morgan fingerprint density at radius 2 is 1.88 bits per heavy atom. The van der Waals surface area contributed by atoms with Crippen molar-refractivity contribution in [3.8, 4) is 5.75 Å². The van der Waals surface area contributed by atoms with Gasteiger partial charge in [-0.05, 0) is 48.4 Å². The first-order valence-corrected chi connectivity index (χ1v) is 10.9. The number of anilines is 4. The smallest absolute Gasteiger partial charge is 0.323 e. The van der Waals surface area contributed by atoms with Crippen LogP contribution in [0.1, 0.15) is 10.4 Å². The van der Waals surface area contributed by atoms with Crippen LogP contribution in [0.3, 0.4) is 0 Å². The van der Waals surface area contributed by atoms with E-state index in [1.54, 1.807) is 36.9 Å². The highest BCUT2D eigenvalue weighted by atomic mass is 32.1. The highest BCUT2D eigenvalue weighted by Crippen LogP contribution is 2.37. The average molecular weight is 448 g/mol. The van der Waals surface area contributed by atoms with Gasteiger partial charge in [0.1, 0.15) is 22.7 Å². The van der Waals surface area contributed by atoms with Crippen LogP contribution in [-0.4, -0.2) is 29.7 Å². The average Bonchev–Trinajstić information content (AvgIpc) is 3.20. The lowest BCUT2D eigenvalue weighted by Gasteiger charge is -2.13. The topological polar surface area (TPSA) is 97.4 Å². The van der Waals surface area contributed by atoms with Crippen LogP contribution in [-0.2, 0) is 17.8 Å². The molecule has 4 aromatic rings. The van der Waals surface area contributed by atoms with Gasteiger partial charge in [0, 0.05) is 28.0 Å². The van der Waals surface area contributed by atoms with E-state index in [9.17, 15) is 4.79 Å². The third-order valence-electron chi connectivity index (χ3n) is 5.13. The highest BCUT2D eigenvalue weighted by Gasteiger charge is 2.20. The van der Waals surface area contributed by atoms with E-state index in [0.717, 1.165) is 28.1 Å². The number of hydrogen-bond donors (Lipinski definition) is 3. The standard InChI is InChI=1S/C23H21N5O3S/c1-30-17-4-2-3-16(11-17)28-23(29)27-15-7-5-14(6-8-15)26-21-20-18-9-10-31-12-19(18)32-22(20)25-13-24-21/h2-8,11,13H,9-10,12H2,1H3,(H,24,25,26)(H2,27,28,29). The molecule has 0 aliphatic carbocycles. The number of carbonyl (C=O) groups excluding carboxylic acids is 1. The fourth-order valence-electron chi connectivity index (χ4n) is 3.62. The van der Waals surface area contributed by atoms with Crippen molar-refractivity contribution in [2.45, 2.75) is 13.0 Å². The number of nitrogens with zero attached hydrogens (tertiary/aromatic N) is 2. The van der Waals surface area contributed by atoms with Crippen molar-refractivity contribution in [1.82, 2.24) is 9.97 Å². The SMILES string of the molecule is COc1cccc(NC(=O)Nc2ccc(Nc3ncnc4sc5c(c34)CCOC5)cc2)c1. The number of thiophene rings is 1. The van der Waals surface area contributed by atoms with Crippen molar-refractivity contribution in [2.75, 3.05) is 29.7 Å². The molecule has 2 amide bonds. The predicted molar refractivity (Wildman–Crippen MR) is 126 cm³/mol. The summed E-state index contributed by atoms with van der Waals surface area (Å²) in [6, 6.07) is 14.3. The third kappa shape index (κ3) is 4.20. The van der Waals surface area contributed by atoms with Gasteiger partial charge in [-0.3, -0.25) is 0 Å². The Morgan fingerprint density at radius 1 is 1.06 bits per heavy atom. The number of aromatic nitrogens is 2. The Bertz CT molecular complexity index is 1270. The van der Waals surface area contributed by atoms with Crippen LogP contribution in [0.25, 0.3) is 10.2 Å². The molecule has 5 rings (SSSR count). The zero-order chi connectivity index (χ0) is 21.9. The molecule has 32 heavy (non-hydrogen) atoms. The molecule has 0 fully saturated rings.